The second-order valence-electron chi connectivity index (χ2n) is 7.53. The third kappa shape index (κ3) is 5.91. The van der Waals surface area contributed by atoms with E-state index in [-0.39, 0.29) is 30.2 Å². The van der Waals surface area contributed by atoms with Gasteiger partial charge in [-0.2, -0.15) is 4.37 Å². The molecule has 2 aromatic heterocycles. The number of amides is 2. The third-order valence-electron chi connectivity index (χ3n) is 5.13. The smallest absolute Gasteiger partial charge is 0.322 e. The molecule has 12 nitrogen and oxygen atoms in total. The van der Waals surface area contributed by atoms with Crippen molar-refractivity contribution in [3.63, 3.8) is 0 Å². The van der Waals surface area contributed by atoms with E-state index in [0.29, 0.717) is 17.4 Å². The van der Waals surface area contributed by atoms with E-state index in [2.05, 4.69) is 24.8 Å². The molecule has 2 aliphatic rings. The van der Waals surface area contributed by atoms with E-state index in [1.807, 2.05) is 6.07 Å². The predicted octanol–water partition coefficient (Wildman–Crippen LogP) is 0.688. The highest BCUT2D eigenvalue weighted by Crippen LogP contribution is 2.44. The highest BCUT2D eigenvalue weighted by molar-refractivity contribution is 8.06. The topological polar surface area (TPSA) is 173 Å². The molecule has 184 valence electrons. The molecule has 15 heteroatoms. The SMILES string of the molecule is Nc1nc(CCON=CC(=O)NC2C(=O)N3CC(SC=Cc4cccnc4)(C(=O)O)CS[C@H]23)ns1. The van der Waals surface area contributed by atoms with Crippen molar-refractivity contribution in [2.24, 2.45) is 5.16 Å². The summed E-state index contributed by atoms with van der Waals surface area (Å²) in [6.45, 7) is 0.207. The molecular formula is C20H21N7O5S3. The van der Waals surface area contributed by atoms with Crippen molar-refractivity contribution in [1.29, 1.82) is 0 Å². The Bertz CT molecular complexity index is 1150. The molecular weight excluding hydrogens is 514 g/mol. The Hall–Kier alpha value is -3.17. The van der Waals surface area contributed by atoms with Crippen molar-refractivity contribution in [2.75, 3.05) is 24.6 Å². The maximum Gasteiger partial charge on any atom is 0.322 e. The van der Waals surface area contributed by atoms with Crippen LogP contribution in [-0.4, -0.2) is 83.4 Å². The molecule has 2 aromatic rings. The van der Waals surface area contributed by atoms with E-state index >= 15 is 0 Å². The second kappa shape index (κ2) is 11.0. The fraction of sp³-hybridized carbons (Fsp3) is 0.350. The summed E-state index contributed by atoms with van der Waals surface area (Å²) in [4.78, 5) is 51.4. The highest BCUT2D eigenvalue weighted by Gasteiger charge is 2.57. The van der Waals surface area contributed by atoms with Gasteiger partial charge < -0.3 is 25.9 Å². The summed E-state index contributed by atoms with van der Waals surface area (Å²) in [6.07, 6.45) is 6.45. The van der Waals surface area contributed by atoms with E-state index in [9.17, 15) is 19.5 Å². The quantitative estimate of drug-likeness (QED) is 0.169. The molecule has 35 heavy (non-hydrogen) atoms. The van der Waals surface area contributed by atoms with Gasteiger partial charge >= 0.3 is 5.97 Å². The molecule has 0 radical (unpaired) electrons. The van der Waals surface area contributed by atoms with Crippen LogP contribution >= 0.6 is 35.1 Å². The molecule has 0 saturated carbocycles. The summed E-state index contributed by atoms with van der Waals surface area (Å²) in [5.41, 5.74) is 6.35. The number of carbonyl (C=O) groups is 3. The van der Waals surface area contributed by atoms with Crippen LogP contribution in [0.15, 0.2) is 35.1 Å². The lowest BCUT2D eigenvalue weighted by Gasteiger charge is -2.53. The minimum Gasteiger partial charge on any atom is -0.480 e. The Morgan fingerprint density at radius 2 is 2.34 bits per heavy atom. The maximum absolute atomic E-state index is 12.6. The van der Waals surface area contributed by atoms with Gasteiger partial charge in [0.15, 0.2) is 5.13 Å². The van der Waals surface area contributed by atoms with Crippen molar-refractivity contribution >= 4 is 70.3 Å². The summed E-state index contributed by atoms with van der Waals surface area (Å²) < 4.78 is 2.83. The molecule has 2 saturated heterocycles. The number of nitrogen functional groups attached to an aromatic ring is 1. The van der Waals surface area contributed by atoms with Crippen molar-refractivity contribution < 1.29 is 24.3 Å². The zero-order valence-electron chi connectivity index (χ0n) is 18.1. The fourth-order valence-corrected chi connectivity index (χ4v) is 6.50. The van der Waals surface area contributed by atoms with E-state index in [1.54, 1.807) is 29.9 Å². The lowest BCUT2D eigenvalue weighted by molar-refractivity contribution is -0.151. The van der Waals surface area contributed by atoms with Crippen LogP contribution in [0.25, 0.3) is 6.08 Å². The van der Waals surface area contributed by atoms with Crippen LogP contribution in [0.2, 0.25) is 0 Å². The van der Waals surface area contributed by atoms with Gasteiger partial charge in [0.05, 0.1) is 0 Å². The molecule has 0 aliphatic carbocycles. The van der Waals surface area contributed by atoms with Crippen LogP contribution in [0.3, 0.4) is 0 Å². The Morgan fingerprint density at radius 3 is 3.06 bits per heavy atom. The Morgan fingerprint density at radius 1 is 1.49 bits per heavy atom. The number of nitrogens with zero attached hydrogens (tertiary/aromatic N) is 5. The average Bonchev–Trinajstić information content (AvgIpc) is 3.27. The third-order valence-corrected chi connectivity index (χ3v) is 8.59. The number of nitrogens with two attached hydrogens (primary N) is 1. The molecule has 2 fully saturated rings. The van der Waals surface area contributed by atoms with Gasteiger partial charge in [-0.05, 0) is 23.1 Å². The van der Waals surface area contributed by atoms with Crippen LogP contribution in [-0.2, 0) is 25.6 Å². The normalized spacial score (nSPS) is 23.8. The average molecular weight is 536 g/mol. The van der Waals surface area contributed by atoms with E-state index < -0.39 is 22.7 Å². The number of carboxylic acid groups (broad SMARTS) is 1. The number of nitrogens with one attached hydrogen (secondary N) is 1. The Kier molecular flexibility index (Phi) is 7.87. The highest BCUT2D eigenvalue weighted by atomic mass is 32.2. The summed E-state index contributed by atoms with van der Waals surface area (Å²) >= 11 is 3.56. The van der Waals surface area contributed by atoms with Gasteiger partial charge in [0.25, 0.3) is 5.91 Å². The van der Waals surface area contributed by atoms with Crippen molar-refractivity contribution in [3.05, 3.63) is 41.3 Å². The minimum atomic E-state index is -1.18. The number of pyridine rings is 1. The first-order valence-electron chi connectivity index (χ1n) is 10.3. The minimum absolute atomic E-state index is 0.0413. The predicted molar refractivity (Wildman–Crippen MR) is 134 cm³/mol. The van der Waals surface area contributed by atoms with E-state index in [1.165, 1.54) is 16.7 Å². The number of oxime groups is 1. The maximum atomic E-state index is 12.6. The van der Waals surface area contributed by atoms with Gasteiger partial charge in [0.2, 0.25) is 5.91 Å². The number of aromatic nitrogens is 3. The lowest BCUT2D eigenvalue weighted by atomic mass is 10.0. The summed E-state index contributed by atoms with van der Waals surface area (Å²) in [5.74, 6) is -1.10. The Labute approximate surface area is 212 Å². The number of hydrogen-bond acceptors (Lipinski definition) is 12. The number of thioether (sulfide) groups is 2. The van der Waals surface area contributed by atoms with Crippen LogP contribution in [0, 0.1) is 0 Å². The molecule has 0 bridgehead atoms. The van der Waals surface area contributed by atoms with Crippen LogP contribution in [0.4, 0.5) is 5.13 Å². The van der Waals surface area contributed by atoms with Crippen molar-refractivity contribution in [2.45, 2.75) is 22.6 Å². The number of β-lactam (4-membered cyclic amide) rings is 1. The van der Waals surface area contributed by atoms with E-state index in [4.69, 9.17) is 10.6 Å². The zero-order chi connectivity index (χ0) is 24.8. The Balaban J connectivity index is 1.25. The number of carbonyl (C=O) groups excluding carboxylic acids is 2. The molecule has 2 amide bonds. The number of rotatable bonds is 10. The van der Waals surface area contributed by atoms with Crippen molar-refractivity contribution in [3.8, 4) is 0 Å². The second-order valence-corrected chi connectivity index (χ2v) is 10.7. The van der Waals surface area contributed by atoms with E-state index in [0.717, 1.165) is 35.1 Å². The monoisotopic (exact) mass is 535 g/mol. The van der Waals surface area contributed by atoms with Crippen LogP contribution in [0.5, 0.6) is 0 Å². The van der Waals surface area contributed by atoms with Gasteiger partial charge in [-0.1, -0.05) is 11.2 Å². The van der Waals surface area contributed by atoms with Crippen LogP contribution in [0.1, 0.15) is 11.4 Å². The van der Waals surface area contributed by atoms with Gasteiger partial charge in [0.1, 0.15) is 34.8 Å². The summed E-state index contributed by atoms with van der Waals surface area (Å²) in [7, 11) is 0. The molecule has 3 atom stereocenters. The van der Waals surface area contributed by atoms with Gasteiger partial charge in [-0.15, -0.1) is 23.5 Å². The largest absolute Gasteiger partial charge is 0.480 e. The summed E-state index contributed by atoms with van der Waals surface area (Å²) in [6, 6.07) is 2.90. The number of hydrogen-bond donors (Lipinski definition) is 3. The first-order chi connectivity index (χ1) is 16.9. The zero-order valence-corrected chi connectivity index (χ0v) is 20.6. The fourth-order valence-electron chi connectivity index (χ4n) is 3.35. The van der Waals surface area contributed by atoms with Gasteiger partial charge in [-0.3, -0.25) is 19.4 Å². The molecule has 0 aromatic carbocycles. The van der Waals surface area contributed by atoms with Gasteiger partial charge in [0, 0.05) is 42.6 Å². The number of anilines is 1. The molecule has 2 unspecified atom stereocenters. The first-order valence-corrected chi connectivity index (χ1v) is 13.0. The molecule has 4 rings (SSSR count). The molecule has 2 aliphatic heterocycles. The summed E-state index contributed by atoms with van der Waals surface area (Å²) in [5, 5.41) is 17.8. The molecule has 0 spiro atoms. The first kappa shape index (κ1) is 24.9. The lowest BCUT2D eigenvalue weighted by Crippen LogP contribution is -2.74. The van der Waals surface area contributed by atoms with Gasteiger partial charge in [-0.25, -0.2) is 4.98 Å². The number of fused-ring (bicyclic) bond motifs is 1. The van der Waals surface area contributed by atoms with Crippen LogP contribution < -0.4 is 11.1 Å². The van der Waals surface area contributed by atoms with Crippen molar-refractivity contribution in [1.82, 2.24) is 24.6 Å². The standard InChI is InChI=1S/C20H21N7O5S3/c21-19-24-13(26-35-19)3-6-32-23-9-14(28)25-15-16(29)27-10-20(18(30)31,11-33-17(15)27)34-7-4-12-2-1-5-22-8-12/h1-2,4-5,7-9,15,17H,3,6,10-11H2,(H,25,28)(H,30,31)(H2,21,24,26)/t15?,17-,20?/m1/s1. The molecule has 4 N–H and O–H groups in total. The number of aliphatic carboxylic acids is 1. The number of carboxylic acids is 1. The molecule has 4 heterocycles.